The first-order chi connectivity index (χ1) is 16.9. The quantitative estimate of drug-likeness (QED) is 0.489. The number of amides is 1. The second kappa shape index (κ2) is 12.1. The van der Waals surface area contributed by atoms with E-state index in [0.29, 0.717) is 43.5 Å². The van der Waals surface area contributed by atoms with Gasteiger partial charge in [-0.3, -0.25) is 9.59 Å². The van der Waals surface area contributed by atoms with Gasteiger partial charge in [-0.1, -0.05) is 6.07 Å². The van der Waals surface area contributed by atoms with Crippen molar-refractivity contribution in [1.29, 1.82) is 0 Å². The average molecular weight is 481 g/mol. The van der Waals surface area contributed by atoms with Gasteiger partial charge in [0.05, 0.1) is 25.7 Å². The summed E-state index contributed by atoms with van der Waals surface area (Å²) in [5.41, 5.74) is 3.40. The summed E-state index contributed by atoms with van der Waals surface area (Å²) in [5, 5.41) is 11.0. The molecule has 35 heavy (non-hydrogen) atoms. The van der Waals surface area contributed by atoms with Crippen molar-refractivity contribution in [3.05, 3.63) is 53.3 Å². The molecule has 1 aliphatic rings. The molecular weight excluding hydrogens is 448 g/mol. The molecule has 3 heterocycles. The zero-order valence-corrected chi connectivity index (χ0v) is 20.8. The third-order valence-electron chi connectivity index (χ3n) is 5.64. The van der Waals surface area contributed by atoms with Crippen LogP contribution < -0.4 is 10.1 Å². The lowest BCUT2D eigenvalue weighted by Crippen LogP contribution is -2.26. The molecule has 0 unspecified atom stereocenters. The number of rotatable bonds is 8. The molecule has 1 aliphatic heterocycles. The molecule has 10 nitrogen and oxygen atoms in total. The van der Waals surface area contributed by atoms with Crippen LogP contribution in [0, 0.1) is 0 Å². The van der Waals surface area contributed by atoms with E-state index in [9.17, 15) is 9.59 Å². The van der Waals surface area contributed by atoms with Crippen LogP contribution in [0.1, 0.15) is 47.8 Å². The van der Waals surface area contributed by atoms with Gasteiger partial charge in [-0.25, -0.2) is 4.98 Å². The smallest absolute Gasteiger partial charge is 0.225 e. The van der Waals surface area contributed by atoms with Crippen molar-refractivity contribution in [3.63, 3.8) is 0 Å². The van der Waals surface area contributed by atoms with Crippen LogP contribution in [0.5, 0.6) is 5.75 Å². The molecule has 186 valence electrons. The number of aromatic nitrogens is 4. The number of nitrogens with zero attached hydrogens (tertiary/aromatic N) is 5. The number of anilines is 1. The Kier molecular flexibility index (Phi) is 8.91. The van der Waals surface area contributed by atoms with Gasteiger partial charge in [0.1, 0.15) is 23.6 Å². The van der Waals surface area contributed by atoms with Crippen LogP contribution in [0.15, 0.2) is 36.7 Å². The summed E-state index contributed by atoms with van der Waals surface area (Å²) in [7, 11) is 4.96. The number of hydrogen-bond acceptors (Lipinski definition) is 8. The maximum atomic E-state index is 11.9. The van der Waals surface area contributed by atoms with Crippen LogP contribution in [0.3, 0.4) is 0 Å². The molecule has 1 amide bonds. The molecule has 0 radical (unpaired) electrons. The number of hydrogen-bond donors (Lipinski definition) is 1. The number of pyridine rings is 1. The van der Waals surface area contributed by atoms with Gasteiger partial charge in [-0.15, -0.1) is 10.2 Å². The van der Waals surface area contributed by atoms with Gasteiger partial charge in [0.25, 0.3) is 0 Å². The highest BCUT2D eigenvalue weighted by atomic mass is 16.5. The maximum Gasteiger partial charge on any atom is 0.225 e. The number of fused-ring (bicyclic) bond motifs is 1. The van der Waals surface area contributed by atoms with Crippen LogP contribution in [0.25, 0.3) is 11.5 Å². The highest BCUT2D eigenvalue weighted by molar-refractivity contribution is 5.81. The predicted molar refractivity (Wildman–Crippen MR) is 132 cm³/mol. The SMILES string of the molecule is CNc1cccc(-c2nncn2C(C)C)n1.COCCC(=O)N1Cc2cc(C=O)c(OC)cc2C1. The molecule has 1 N–H and O–H groups in total. The predicted octanol–water partition coefficient (Wildman–Crippen LogP) is 3.35. The van der Waals surface area contributed by atoms with E-state index >= 15 is 0 Å². The first-order valence-electron chi connectivity index (χ1n) is 11.4. The van der Waals surface area contributed by atoms with Crippen LogP contribution in [0.2, 0.25) is 0 Å². The van der Waals surface area contributed by atoms with Gasteiger partial charge in [-0.2, -0.15) is 0 Å². The highest BCUT2D eigenvalue weighted by Gasteiger charge is 2.24. The Labute approximate surface area is 205 Å². The second-order valence-corrected chi connectivity index (χ2v) is 8.29. The summed E-state index contributed by atoms with van der Waals surface area (Å²) >= 11 is 0. The number of carbonyl (C=O) groups excluding carboxylic acids is 2. The molecule has 0 aliphatic carbocycles. The van der Waals surface area contributed by atoms with E-state index < -0.39 is 0 Å². The molecular formula is C25H32N6O4. The Hall–Kier alpha value is -3.79. The Morgan fingerprint density at radius 1 is 1.20 bits per heavy atom. The monoisotopic (exact) mass is 480 g/mol. The minimum absolute atomic E-state index is 0.0599. The van der Waals surface area contributed by atoms with E-state index in [2.05, 4.69) is 34.3 Å². The van der Waals surface area contributed by atoms with Crippen molar-refractivity contribution in [2.24, 2.45) is 0 Å². The minimum atomic E-state index is 0.0599. The van der Waals surface area contributed by atoms with Gasteiger partial charge in [-0.05, 0) is 49.2 Å². The van der Waals surface area contributed by atoms with Gasteiger partial charge >= 0.3 is 0 Å². The topological polar surface area (TPSA) is 111 Å². The van der Waals surface area contributed by atoms with E-state index in [1.54, 1.807) is 24.4 Å². The fourth-order valence-corrected chi connectivity index (χ4v) is 3.74. The van der Waals surface area contributed by atoms with Gasteiger partial charge in [0.15, 0.2) is 12.1 Å². The minimum Gasteiger partial charge on any atom is -0.496 e. The summed E-state index contributed by atoms with van der Waals surface area (Å²) in [6, 6.07) is 9.76. The molecule has 4 rings (SSSR count). The first kappa shape index (κ1) is 25.8. The third kappa shape index (κ3) is 6.21. The zero-order chi connectivity index (χ0) is 25.4. The molecule has 0 saturated heterocycles. The van der Waals surface area contributed by atoms with Crippen LogP contribution in [0.4, 0.5) is 5.82 Å². The van der Waals surface area contributed by atoms with Crippen LogP contribution in [-0.4, -0.2) is 64.7 Å². The fraction of sp³-hybridized carbons (Fsp3) is 0.400. The second-order valence-electron chi connectivity index (χ2n) is 8.29. The van der Waals surface area contributed by atoms with Crippen molar-refractivity contribution in [2.45, 2.75) is 39.4 Å². The Morgan fingerprint density at radius 2 is 1.94 bits per heavy atom. The fourth-order valence-electron chi connectivity index (χ4n) is 3.74. The molecule has 0 bridgehead atoms. The van der Waals surface area contributed by atoms with E-state index in [1.807, 2.05) is 35.9 Å². The molecule has 0 saturated carbocycles. The lowest BCUT2D eigenvalue weighted by atomic mass is 10.1. The maximum absolute atomic E-state index is 11.9. The summed E-state index contributed by atoms with van der Waals surface area (Å²) in [6.07, 6.45) is 2.88. The molecule has 3 aromatic rings. The summed E-state index contributed by atoms with van der Waals surface area (Å²) in [6.45, 7) is 5.72. The van der Waals surface area contributed by atoms with Gasteiger partial charge in [0.2, 0.25) is 5.91 Å². The summed E-state index contributed by atoms with van der Waals surface area (Å²) in [4.78, 5) is 29.1. The number of methoxy groups -OCH3 is 2. The molecule has 10 heteroatoms. The van der Waals surface area contributed by atoms with Crippen LogP contribution >= 0.6 is 0 Å². The van der Waals surface area contributed by atoms with E-state index in [4.69, 9.17) is 9.47 Å². The molecule has 0 spiro atoms. The molecule has 0 fully saturated rings. The largest absolute Gasteiger partial charge is 0.496 e. The third-order valence-corrected chi connectivity index (χ3v) is 5.64. The lowest BCUT2D eigenvalue weighted by Gasteiger charge is -2.14. The van der Waals surface area contributed by atoms with Crippen molar-refractivity contribution in [2.75, 3.05) is 33.2 Å². The van der Waals surface area contributed by atoms with Crippen molar-refractivity contribution in [3.8, 4) is 17.3 Å². The van der Waals surface area contributed by atoms with Crippen molar-refractivity contribution in [1.82, 2.24) is 24.6 Å². The first-order valence-corrected chi connectivity index (χ1v) is 11.4. The Balaban J connectivity index is 0.000000198. The normalized spacial score (nSPS) is 12.1. The van der Waals surface area contributed by atoms with E-state index in [0.717, 1.165) is 34.7 Å². The van der Waals surface area contributed by atoms with Crippen LogP contribution in [-0.2, 0) is 22.6 Å². The summed E-state index contributed by atoms with van der Waals surface area (Å²) < 4.78 is 12.1. The summed E-state index contributed by atoms with van der Waals surface area (Å²) in [5.74, 6) is 2.24. The zero-order valence-electron chi connectivity index (χ0n) is 20.8. The van der Waals surface area contributed by atoms with Crippen molar-refractivity contribution >= 4 is 18.0 Å². The van der Waals surface area contributed by atoms with E-state index in [1.165, 1.54) is 7.11 Å². The van der Waals surface area contributed by atoms with Gasteiger partial charge in [0, 0.05) is 33.3 Å². The number of aldehydes is 1. The standard InChI is InChI=1S/C14H17NO4.C11H15N5/c1-18-4-3-14(17)15-7-10-5-12(9-16)13(19-2)6-11(10)8-15;1-8(2)16-7-13-15-11(16)9-5-4-6-10(12-3)14-9/h5-6,9H,3-4,7-8H2,1-2H3;4-8H,1-3H3,(H,12,14). The number of benzene rings is 1. The Bertz CT molecular complexity index is 1160. The number of ether oxygens (including phenoxy) is 2. The Morgan fingerprint density at radius 3 is 2.57 bits per heavy atom. The average Bonchev–Trinajstić information content (AvgIpc) is 3.54. The van der Waals surface area contributed by atoms with Gasteiger partial charge < -0.3 is 24.3 Å². The molecule has 1 aromatic carbocycles. The lowest BCUT2D eigenvalue weighted by molar-refractivity contribution is -0.132. The van der Waals surface area contributed by atoms with E-state index in [-0.39, 0.29) is 5.91 Å². The number of nitrogens with one attached hydrogen (secondary N) is 1. The molecule has 0 atom stereocenters. The van der Waals surface area contributed by atoms with Crippen molar-refractivity contribution < 1.29 is 19.1 Å². The number of carbonyl (C=O) groups is 2. The highest BCUT2D eigenvalue weighted by Crippen LogP contribution is 2.29. The molecule has 2 aromatic heterocycles.